The second-order valence-corrected chi connectivity index (χ2v) is 11.2. The van der Waals surface area contributed by atoms with Gasteiger partial charge in [0.25, 0.3) is 5.56 Å². The van der Waals surface area contributed by atoms with E-state index in [4.69, 9.17) is 19.2 Å². The zero-order valence-corrected chi connectivity index (χ0v) is 25.6. The Labute approximate surface area is 256 Å². The number of fused-ring (bicyclic) bond motifs is 3. The fourth-order valence-electron chi connectivity index (χ4n) is 5.81. The minimum absolute atomic E-state index is 0.0480. The first-order valence-corrected chi connectivity index (χ1v) is 15.2. The molecule has 2 aromatic heterocycles. The van der Waals surface area contributed by atoms with Crippen LogP contribution in [0.3, 0.4) is 0 Å². The smallest absolute Gasteiger partial charge is 0.338 e. The lowest BCUT2D eigenvalue weighted by Crippen LogP contribution is -2.40. The average molecular weight is 610 g/mol. The van der Waals surface area contributed by atoms with E-state index in [9.17, 15) is 14.4 Å². The quantitative estimate of drug-likeness (QED) is 0.241. The maximum absolute atomic E-state index is 14.4. The van der Waals surface area contributed by atoms with E-state index in [1.807, 2.05) is 77.5 Å². The predicted octanol–water partition coefficient (Wildman–Crippen LogP) is 4.48. The molecule has 1 atom stereocenters. The van der Waals surface area contributed by atoms with Gasteiger partial charge >= 0.3 is 11.9 Å². The number of hydrogen-bond acceptors (Lipinski definition) is 8. The van der Waals surface area contributed by atoms with Crippen LogP contribution in [0.1, 0.15) is 37.9 Å². The number of hydrogen-bond donors (Lipinski definition) is 0. The van der Waals surface area contributed by atoms with Crippen LogP contribution >= 0.6 is 11.3 Å². The van der Waals surface area contributed by atoms with Gasteiger partial charge in [-0.1, -0.05) is 59.9 Å². The lowest BCUT2D eigenvalue weighted by Gasteiger charge is -2.27. The van der Waals surface area contributed by atoms with Gasteiger partial charge in [-0.05, 0) is 49.8 Å². The predicted molar refractivity (Wildman–Crippen MR) is 169 cm³/mol. The van der Waals surface area contributed by atoms with Gasteiger partial charge in [0.05, 0.1) is 36.1 Å². The highest BCUT2D eigenvalue weighted by Gasteiger charge is 2.36. The largest absolute Gasteiger partial charge is 0.496 e. The molecule has 0 amide bonds. The number of rotatable bonds is 8. The normalized spacial score (nSPS) is 14.9. The SMILES string of the molecule is CCOC(=O)Cn1cc(/C=c2\sc3n(c2=O)[C@@H](c2c(OC)ccc4ccccc24)C(C(=O)OCC)=C(C)N=3)c2ccccc21. The van der Waals surface area contributed by atoms with E-state index >= 15 is 0 Å². The monoisotopic (exact) mass is 609 g/mol. The summed E-state index contributed by atoms with van der Waals surface area (Å²) >= 11 is 1.25. The molecular formula is C34H31N3O6S. The minimum Gasteiger partial charge on any atom is -0.496 e. The Hall–Kier alpha value is -4.96. The van der Waals surface area contributed by atoms with Crippen molar-refractivity contribution < 1.29 is 23.8 Å². The third-order valence-corrected chi connectivity index (χ3v) is 8.63. The fraction of sp³-hybridized carbons (Fsp3) is 0.235. The third kappa shape index (κ3) is 5.01. The van der Waals surface area contributed by atoms with Crippen LogP contribution in [0.15, 0.2) is 87.9 Å². The molecule has 6 rings (SSSR count). The molecule has 3 aromatic carbocycles. The van der Waals surface area contributed by atoms with E-state index in [1.54, 1.807) is 32.4 Å². The van der Waals surface area contributed by atoms with E-state index in [2.05, 4.69) is 0 Å². The first-order valence-electron chi connectivity index (χ1n) is 14.3. The number of allylic oxidation sites excluding steroid dienone is 1. The Bertz CT molecular complexity index is 2150. The maximum Gasteiger partial charge on any atom is 0.338 e. The van der Waals surface area contributed by atoms with E-state index < -0.39 is 12.0 Å². The number of methoxy groups -OCH3 is 1. The summed E-state index contributed by atoms with van der Waals surface area (Å²) in [6.07, 6.45) is 3.66. The fourth-order valence-corrected chi connectivity index (χ4v) is 6.85. The van der Waals surface area contributed by atoms with E-state index in [0.29, 0.717) is 33.0 Å². The lowest BCUT2D eigenvalue weighted by molar-refractivity contribution is -0.143. The summed E-state index contributed by atoms with van der Waals surface area (Å²) in [7, 11) is 1.57. The van der Waals surface area contributed by atoms with Gasteiger partial charge in [-0.25, -0.2) is 9.79 Å². The summed E-state index contributed by atoms with van der Waals surface area (Å²) in [6, 6.07) is 18.5. The van der Waals surface area contributed by atoms with Crippen molar-refractivity contribution in [2.45, 2.75) is 33.4 Å². The molecule has 224 valence electrons. The second-order valence-electron chi connectivity index (χ2n) is 10.2. The van der Waals surface area contributed by atoms with Gasteiger partial charge in [0.1, 0.15) is 18.3 Å². The number of carbonyl (C=O) groups excluding carboxylic acids is 2. The van der Waals surface area contributed by atoms with Crippen molar-refractivity contribution in [2.75, 3.05) is 20.3 Å². The Balaban J connectivity index is 1.60. The van der Waals surface area contributed by atoms with E-state index in [1.165, 1.54) is 11.3 Å². The van der Waals surface area contributed by atoms with Crippen molar-refractivity contribution in [3.8, 4) is 5.75 Å². The molecule has 0 bridgehead atoms. The number of aromatic nitrogens is 2. The van der Waals surface area contributed by atoms with Crippen molar-refractivity contribution in [3.63, 3.8) is 0 Å². The van der Waals surface area contributed by atoms with E-state index in [-0.39, 0.29) is 30.3 Å². The van der Waals surface area contributed by atoms with Gasteiger partial charge in [-0.15, -0.1) is 0 Å². The number of benzene rings is 3. The molecular weight excluding hydrogens is 578 g/mol. The number of thiazole rings is 1. The number of ether oxygens (including phenoxy) is 3. The number of nitrogens with zero attached hydrogens (tertiary/aromatic N) is 3. The zero-order chi connectivity index (χ0) is 31.0. The molecule has 0 saturated carbocycles. The van der Waals surface area contributed by atoms with Crippen molar-refractivity contribution in [2.24, 2.45) is 4.99 Å². The molecule has 0 aliphatic carbocycles. The lowest BCUT2D eigenvalue weighted by atomic mass is 9.90. The van der Waals surface area contributed by atoms with E-state index in [0.717, 1.165) is 27.2 Å². The summed E-state index contributed by atoms with van der Waals surface area (Å²) < 4.78 is 20.3. The second kappa shape index (κ2) is 12.0. The van der Waals surface area contributed by atoms with Crippen LogP contribution in [0.25, 0.3) is 27.8 Å². The molecule has 0 N–H and O–H groups in total. The van der Waals surface area contributed by atoms with Crippen LogP contribution in [-0.2, 0) is 25.6 Å². The molecule has 1 aliphatic heterocycles. The number of para-hydroxylation sites is 1. The zero-order valence-electron chi connectivity index (χ0n) is 24.8. The standard InChI is InChI=1S/C34H31N3O6S/c1-5-42-28(38)19-36-18-22(23-12-9-10-14-25(23)36)17-27-32(39)37-31(29(33(40)43-6-2)20(3)35-34(37)44-27)30-24-13-8-7-11-21(24)15-16-26(30)41-4/h7-18,31H,5-6,19H2,1-4H3/b27-17-/t31-/m1/s1. The molecule has 0 spiro atoms. The van der Waals surface area contributed by atoms with Gasteiger partial charge in [0, 0.05) is 28.2 Å². The minimum atomic E-state index is -0.835. The van der Waals surface area contributed by atoms with Gasteiger partial charge in [0.2, 0.25) is 0 Å². The molecule has 5 aromatic rings. The van der Waals surface area contributed by atoms with Gasteiger partial charge in [-0.3, -0.25) is 14.2 Å². The maximum atomic E-state index is 14.4. The third-order valence-electron chi connectivity index (χ3n) is 7.65. The molecule has 0 radical (unpaired) electrons. The van der Waals surface area contributed by atoms with Crippen LogP contribution in [-0.4, -0.2) is 41.4 Å². The molecule has 9 nitrogen and oxygen atoms in total. The Kier molecular flexibility index (Phi) is 7.92. The highest BCUT2D eigenvalue weighted by molar-refractivity contribution is 7.07. The van der Waals surface area contributed by atoms with Crippen LogP contribution in [0.2, 0.25) is 0 Å². The van der Waals surface area contributed by atoms with Crippen LogP contribution in [0.4, 0.5) is 0 Å². The summed E-state index contributed by atoms with van der Waals surface area (Å²) in [4.78, 5) is 45.4. The molecule has 10 heteroatoms. The number of carbonyl (C=O) groups is 2. The van der Waals surface area contributed by atoms with Crippen LogP contribution in [0, 0.1) is 0 Å². The van der Waals surface area contributed by atoms with Gasteiger partial charge in [-0.2, -0.15) is 0 Å². The summed E-state index contributed by atoms with van der Waals surface area (Å²) in [5.41, 5.74) is 2.76. The van der Waals surface area contributed by atoms with Crippen LogP contribution < -0.4 is 19.6 Å². The van der Waals surface area contributed by atoms with Crippen molar-refractivity contribution in [3.05, 3.63) is 109 Å². The van der Waals surface area contributed by atoms with Crippen molar-refractivity contribution in [1.29, 1.82) is 0 Å². The topological polar surface area (TPSA) is 101 Å². The number of esters is 2. The summed E-state index contributed by atoms with van der Waals surface area (Å²) in [5.74, 6) is -0.336. The molecule has 0 unspecified atom stereocenters. The van der Waals surface area contributed by atoms with Crippen molar-refractivity contribution >= 4 is 51.0 Å². The first kappa shape index (κ1) is 29.1. The molecule has 3 heterocycles. The van der Waals surface area contributed by atoms with Crippen LogP contribution in [0.5, 0.6) is 5.75 Å². The first-order chi connectivity index (χ1) is 21.4. The highest BCUT2D eigenvalue weighted by atomic mass is 32.1. The molecule has 1 aliphatic rings. The molecule has 44 heavy (non-hydrogen) atoms. The Morgan fingerprint density at radius 2 is 1.70 bits per heavy atom. The van der Waals surface area contributed by atoms with Gasteiger partial charge < -0.3 is 18.8 Å². The summed E-state index contributed by atoms with van der Waals surface area (Å²) in [6.45, 7) is 5.79. The van der Waals surface area contributed by atoms with Gasteiger partial charge in [0.15, 0.2) is 4.80 Å². The summed E-state index contributed by atoms with van der Waals surface area (Å²) in [5, 5.41) is 2.68. The molecule has 0 fully saturated rings. The van der Waals surface area contributed by atoms with Crippen molar-refractivity contribution in [1.82, 2.24) is 9.13 Å². The average Bonchev–Trinajstić information content (AvgIpc) is 3.52. The molecule has 0 saturated heterocycles. The Morgan fingerprint density at radius 3 is 2.45 bits per heavy atom. The Morgan fingerprint density at radius 1 is 0.977 bits per heavy atom. The highest BCUT2D eigenvalue weighted by Crippen LogP contribution is 2.40.